The first-order valence-electron chi connectivity index (χ1n) is 26.7. The van der Waals surface area contributed by atoms with Crippen LogP contribution in [0.1, 0.15) is 114 Å². The van der Waals surface area contributed by atoms with E-state index in [9.17, 15) is 38.4 Å². The van der Waals surface area contributed by atoms with Gasteiger partial charge >= 0.3 is 0 Å². The molecule has 0 aromatic heterocycles. The average molecular weight is 1050 g/mol. The molecule has 18 nitrogen and oxygen atoms in total. The molecule has 3 aromatic carbocycles. The number of hydrogen-bond acceptors (Lipinski definition) is 10. The predicted molar refractivity (Wildman–Crippen MR) is 294 cm³/mol. The summed E-state index contributed by atoms with van der Waals surface area (Å²) in [6.45, 7) is 19.3. The number of amides is 8. The van der Waals surface area contributed by atoms with Gasteiger partial charge in [0, 0.05) is 76.3 Å². The van der Waals surface area contributed by atoms with Crippen molar-refractivity contribution in [3.05, 3.63) is 107 Å². The molecule has 6 N–H and O–H groups in total. The van der Waals surface area contributed by atoms with Crippen LogP contribution < -0.4 is 31.9 Å². The Balaban J connectivity index is 1.32. The number of likely N-dealkylation sites (tertiary alicyclic amines) is 2. The van der Waals surface area contributed by atoms with Gasteiger partial charge in [-0.2, -0.15) is 0 Å². The van der Waals surface area contributed by atoms with Gasteiger partial charge in [0.2, 0.25) is 35.4 Å². The van der Waals surface area contributed by atoms with Crippen LogP contribution in [0.4, 0.5) is 0 Å². The van der Waals surface area contributed by atoms with Crippen LogP contribution in [0, 0.1) is 10.8 Å². The second-order valence-corrected chi connectivity index (χ2v) is 22.7. The Bertz CT molecular complexity index is 2310. The van der Waals surface area contributed by atoms with E-state index in [2.05, 4.69) is 31.9 Å². The Morgan fingerprint density at radius 1 is 0.539 bits per heavy atom. The summed E-state index contributed by atoms with van der Waals surface area (Å²) in [5.41, 5.74) is 1.35. The van der Waals surface area contributed by atoms with E-state index in [0.29, 0.717) is 38.8 Å². The summed E-state index contributed by atoms with van der Waals surface area (Å²) in [6, 6.07) is 21.0. The molecule has 8 atom stereocenters. The number of benzene rings is 3. The van der Waals surface area contributed by atoms with Crippen LogP contribution >= 0.6 is 0 Å². The molecule has 2 saturated heterocycles. The van der Waals surface area contributed by atoms with Gasteiger partial charge in [-0.3, -0.25) is 38.4 Å². The van der Waals surface area contributed by atoms with Gasteiger partial charge in [0.15, 0.2) is 0 Å². The third kappa shape index (κ3) is 16.7. The number of nitrogens with zero attached hydrogens (tertiary/aromatic N) is 4. The van der Waals surface area contributed by atoms with Crippen molar-refractivity contribution >= 4 is 47.3 Å². The first kappa shape index (κ1) is 60.2. The molecule has 3 aromatic rings. The van der Waals surface area contributed by atoms with Crippen molar-refractivity contribution in [1.29, 1.82) is 0 Å². The van der Waals surface area contributed by atoms with Crippen molar-refractivity contribution in [3.8, 4) is 0 Å². The summed E-state index contributed by atoms with van der Waals surface area (Å²) in [7, 11) is 3.34. The highest BCUT2D eigenvalue weighted by Gasteiger charge is 2.45. The predicted octanol–water partition coefficient (Wildman–Crippen LogP) is 3.55. The Morgan fingerprint density at radius 2 is 0.868 bits per heavy atom. The van der Waals surface area contributed by atoms with Crippen molar-refractivity contribution in [2.24, 2.45) is 10.8 Å². The van der Waals surface area contributed by atoms with Gasteiger partial charge in [0.05, 0.1) is 24.2 Å². The molecule has 414 valence electrons. The number of carbonyl (C=O) groups excluding carboxylic acids is 8. The van der Waals surface area contributed by atoms with E-state index < -0.39 is 71.0 Å². The monoisotopic (exact) mass is 1050 g/mol. The van der Waals surface area contributed by atoms with Crippen LogP contribution in [-0.4, -0.2) is 169 Å². The van der Waals surface area contributed by atoms with E-state index in [4.69, 9.17) is 0 Å². The zero-order chi connectivity index (χ0) is 56.1. The van der Waals surface area contributed by atoms with E-state index >= 15 is 0 Å². The maximum Gasteiger partial charge on any atom is 0.251 e. The molecule has 0 spiro atoms. The number of carbonyl (C=O) groups is 8. The first-order valence-corrected chi connectivity index (χ1v) is 26.7. The number of nitrogens with one attached hydrogen (secondary N) is 6. The molecular formula is C58H84N10O8. The fourth-order valence-electron chi connectivity index (χ4n) is 9.75. The fourth-order valence-corrected chi connectivity index (χ4v) is 9.75. The molecule has 0 radical (unpaired) electrons. The molecule has 2 aliphatic rings. The lowest BCUT2D eigenvalue weighted by Gasteiger charge is -2.37. The van der Waals surface area contributed by atoms with Gasteiger partial charge in [-0.1, -0.05) is 102 Å². The lowest BCUT2D eigenvalue weighted by atomic mass is 9.85. The Morgan fingerprint density at radius 3 is 1.16 bits per heavy atom. The van der Waals surface area contributed by atoms with Crippen molar-refractivity contribution in [2.45, 2.75) is 143 Å². The summed E-state index contributed by atoms with van der Waals surface area (Å²) >= 11 is 0. The highest BCUT2D eigenvalue weighted by molar-refractivity contribution is 5.98. The third-order valence-corrected chi connectivity index (χ3v) is 14.7. The molecule has 2 fully saturated rings. The Kier molecular flexibility index (Phi) is 21.3. The Hall–Kier alpha value is -6.66. The molecular weight excluding hydrogens is 965 g/mol. The molecule has 0 bridgehead atoms. The van der Waals surface area contributed by atoms with Gasteiger partial charge in [-0.05, 0) is 99.8 Å². The summed E-state index contributed by atoms with van der Waals surface area (Å²) in [5.74, 6) is -2.41. The maximum atomic E-state index is 14.6. The van der Waals surface area contributed by atoms with Gasteiger partial charge < -0.3 is 51.5 Å². The number of hydrogen-bond donors (Lipinski definition) is 6. The number of likely N-dealkylation sites (N-methyl/N-ethyl adjacent to an activating group) is 2. The zero-order valence-corrected chi connectivity index (χ0v) is 46.8. The first-order chi connectivity index (χ1) is 35.8. The van der Waals surface area contributed by atoms with Crippen LogP contribution in [0.15, 0.2) is 84.9 Å². The van der Waals surface area contributed by atoms with E-state index in [1.165, 1.54) is 13.8 Å². The minimum Gasteiger partial charge on any atom is -0.347 e. The van der Waals surface area contributed by atoms with Gasteiger partial charge in [-0.25, -0.2) is 0 Å². The summed E-state index contributed by atoms with van der Waals surface area (Å²) in [5, 5.41) is 18.0. The highest BCUT2D eigenvalue weighted by Crippen LogP contribution is 2.29. The standard InChI is InChI=1S/C58H84N10O8/c1-37(59-11)51(71)63-49(57(5,6)7)55(75)67-33-45(31-47(67)35-65(39(3)69)29-27-41-19-15-13-16-20-41)61-53(73)43-23-25-44(26-24-43)54(74)62-46-32-48(36-66(40(4)70)30-28-42-21-17-14-18-22-42)68(34-46)56(76)50(58(8,9)10)64-52(72)38(2)60-12/h13-26,37-38,45-50,59-60H,27-36H2,1-12H3,(H,61,73)(H,62,74)(H,63,71)(H,64,72)/t37-,38-,45-,46-,47-,48-,49+,50+/m0/s1. The van der Waals surface area contributed by atoms with Crippen LogP contribution in [-0.2, 0) is 41.6 Å². The SMILES string of the molecule is CN[C@@H](C)C(=O)N[C@H](C(=O)N1C[C@@H](NC(=O)c2ccc(C(=O)N[C@H]3C[C@@H](CN(CCc4ccccc4)C(C)=O)N(C(=O)[C@@H](NC(=O)[C@H](C)NC)C(C)(C)C)C3)cc2)C[C@H]1CN(CCc1ccccc1)C(C)=O)C(C)(C)C. The van der Waals surface area contributed by atoms with Gasteiger partial charge in [-0.15, -0.1) is 0 Å². The quantitative estimate of drug-likeness (QED) is 0.0860. The minimum absolute atomic E-state index is 0.140. The van der Waals surface area contributed by atoms with Crippen LogP contribution in [0.2, 0.25) is 0 Å². The van der Waals surface area contributed by atoms with Crippen molar-refractivity contribution < 1.29 is 38.4 Å². The third-order valence-electron chi connectivity index (χ3n) is 14.7. The molecule has 18 heteroatoms. The van der Waals surface area contributed by atoms with E-state index in [1.54, 1.807) is 71.8 Å². The lowest BCUT2D eigenvalue weighted by Crippen LogP contribution is -2.59. The normalized spacial score (nSPS) is 19.2. The van der Waals surface area contributed by atoms with E-state index in [1.807, 2.05) is 102 Å². The second kappa shape index (κ2) is 26.9. The van der Waals surface area contributed by atoms with E-state index in [0.717, 1.165) is 11.1 Å². The summed E-state index contributed by atoms with van der Waals surface area (Å²) in [4.78, 5) is 117. The topological polar surface area (TPSA) is 222 Å². The second-order valence-electron chi connectivity index (χ2n) is 22.7. The highest BCUT2D eigenvalue weighted by atomic mass is 16.2. The summed E-state index contributed by atoms with van der Waals surface area (Å²) in [6.07, 6.45) is 1.92. The van der Waals surface area contributed by atoms with Gasteiger partial charge in [0.1, 0.15) is 12.1 Å². The molecule has 0 aliphatic carbocycles. The van der Waals surface area contributed by atoms with Crippen molar-refractivity contribution in [2.75, 3.05) is 53.4 Å². The van der Waals surface area contributed by atoms with Gasteiger partial charge in [0.25, 0.3) is 11.8 Å². The average Bonchev–Trinajstić information content (AvgIpc) is 3.99. The van der Waals surface area contributed by atoms with Crippen LogP contribution in [0.25, 0.3) is 0 Å². The Labute approximate surface area is 450 Å². The van der Waals surface area contributed by atoms with Crippen molar-refractivity contribution in [3.63, 3.8) is 0 Å². The fraction of sp³-hybridized carbons (Fsp3) is 0.552. The lowest BCUT2D eigenvalue weighted by molar-refractivity contribution is -0.142. The van der Waals surface area contributed by atoms with Crippen LogP contribution in [0.3, 0.4) is 0 Å². The molecule has 8 amide bonds. The molecule has 0 saturated carbocycles. The van der Waals surface area contributed by atoms with E-state index in [-0.39, 0.29) is 72.7 Å². The molecule has 0 unspecified atom stereocenters. The molecule has 2 heterocycles. The van der Waals surface area contributed by atoms with Crippen molar-refractivity contribution in [1.82, 2.24) is 51.5 Å². The zero-order valence-electron chi connectivity index (χ0n) is 46.8. The molecule has 5 rings (SSSR count). The maximum absolute atomic E-state index is 14.6. The number of rotatable bonds is 22. The molecule has 76 heavy (non-hydrogen) atoms. The smallest absolute Gasteiger partial charge is 0.251 e. The minimum atomic E-state index is -0.902. The van der Waals surface area contributed by atoms with Crippen LogP contribution in [0.5, 0.6) is 0 Å². The summed E-state index contributed by atoms with van der Waals surface area (Å²) < 4.78 is 0. The molecule has 2 aliphatic heterocycles. The largest absolute Gasteiger partial charge is 0.347 e.